The zero-order chi connectivity index (χ0) is 19.8. The van der Waals surface area contributed by atoms with Crippen LogP contribution in [-0.4, -0.2) is 43.1 Å². The van der Waals surface area contributed by atoms with Gasteiger partial charge in [-0.15, -0.1) is 24.0 Å². The lowest BCUT2D eigenvalue weighted by Gasteiger charge is -2.16. The Morgan fingerprint density at radius 3 is 2.71 bits per heavy atom. The van der Waals surface area contributed by atoms with Gasteiger partial charge in [0.25, 0.3) is 0 Å². The zero-order valence-corrected chi connectivity index (χ0v) is 20.0. The molecule has 0 aliphatic heterocycles. The van der Waals surface area contributed by atoms with Gasteiger partial charge < -0.3 is 20.7 Å². The van der Waals surface area contributed by atoms with Crippen molar-refractivity contribution in [3.8, 4) is 5.88 Å². The molecule has 0 fully saturated rings. The van der Waals surface area contributed by atoms with Crippen LogP contribution in [0.15, 0.2) is 41.5 Å². The summed E-state index contributed by atoms with van der Waals surface area (Å²) in [7, 11) is 3.99. The van der Waals surface area contributed by atoms with E-state index >= 15 is 0 Å². The lowest BCUT2D eigenvalue weighted by atomic mass is 10.1. The summed E-state index contributed by atoms with van der Waals surface area (Å²) < 4.78 is 5.64. The van der Waals surface area contributed by atoms with Gasteiger partial charge in [0, 0.05) is 28.9 Å². The number of aromatic nitrogens is 1. The summed E-state index contributed by atoms with van der Waals surface area (Å²) in [6.45, 7) is 3.79. The van der Waals surface area contributed by atoms with Crippen molar-refractivity contribution < 1.29 is 4.74 Å². The van der Waals surface area contributed by atoms with E-state index in [4.69, 9.17) is 33.7 Å². The lowest BCUT2D eigenvalue weighted by Crippen LogP contribution is -2.34. The van der Waals surface area contributed by atoms with Crippen LogP contribution in [0.25, 0.3) is 0 Å². The Morgan fingerprint density at radius 2 is 2.04 bits per heavy atom. The van der Waals surface area contributed by atoms with Gasteiger partial charge in [0.05, 0.1) is 12.6 Å². The van der Waals surface area contributed by atoms with Crippen molar-refractivity contribution in [1.82, 2.24) is 15.2 Å². The molecule has 0 aliphatic carbocycles. The summed E-state index contributed by atoms with van der Waals surface area (Å²) >= 11 is 12.2. The zero-order valence-electron chi connectivity index (χ0n) is 16.2. The van der Waals surface area contributed by atoms with Crippen molar-refractivity contribution in [3.05, 3.63) is 57.7 Å². The summed E-state index contributed by atoms with van der Waals surface area (Å²) in [6, 6.07) is 9.03. The van der Waals surface area contributed by atoms with Crippen LogP contribution in [0.3, 0.4) is 0 Å². The minimum atomic E-state index is -0.0964. The molecule has 28 heavy (non-hydrogen) atoms. The molecule has 0 amide bonds. The number of ether oxygens (including phenoxy) is 1. The van der Waals surface area contributed by atoms with E-state index in [0.29, 0.717) is 35.0 Å². The molecule has 2 aromatic rings. The average Bonchev–Trinajstić information content (AvgIpc) is 2.60. The maximum atomic E-state index is 6.23. The Kier molecular flexibility index (Phi) is 10.9. The van der Waals surface area contributed by atoms with E-state index in [1.54, 1.807) is 18.3 Å². The Labute approximate surface area is 193 Å². The van der Waals surface area contributed by atoms with E-state index in [0.717, 1.165) is 17.7 Å². The number of nitrogens with zero attached hydrogens (tertiary/aromatic N) is 3. The number of rotatable bonds is 8. The molecule has 0 saturated heterocycles. The molecule has 0 bridgehead atoms. The first-order chi connectivity index (χ1) is 12.8. The van der Waals surface area contributed by atoms with Gasteiger partial charge in [0.1, 0.15) is 6.61 Å². The third kappa shape index (κ3) is 8.38. The highest BCUT2D eigenvalue weighted by molar-refractivity contribution is 14.0. The Hall–Kier alpha value is -1.29. The van der Waals surface area contributed by atoms with E-state index in [2.05, 4.69) is 20.2 Å². The Morgan fingerprint density at radius 1 is 1.29 bits per heavy atom. The van der Waals surface area contributed by atoms with Gasteiger partial charge in [-0.3, -0.25) is 0 Å². The smallest absolute Gasteiger partial charge is 0.213 e. The fourth-order valence-electron chi connectivity index (χ4n) is 2.33. The lowest BCUT2D eigenvalue weighted by molar-refractivity contribution is 0.253. The van der Waals surface area contributed by atoms with Gasteiger partial charge in [0.15, 0.2) is 5.96 Å². The van der Waals surface area contributed by atoms with E-state index in [-0.39, 0.29) is 30.0 Å². The number of guanidine groups is 1. The highest BCUT2D eigenvalue weighted by Gasteiger charge is 2.10. The summed E-state index contributed by atoms with van der Waals surface area (Å²) in [4.78, 5) is 10.6. The van der Waals surface area contributed by atoms with Gasteiger partial charge in [-0.25, -0.2) is 9.98 Å². The van der Waals surface area contributed by atoms with Crippen LogP contribution >= 0.6 is 47.2 Å². The molecular weight excluding hydrogens is 512 g/mol. The van der Waals surface area contributed by atoms with Crippen molar-refractivity contribution in [2.75, 3.05) is 27.2 Å². The second-order valence-corrected chi connectivity index (χ2v) is 7.23. The predicted molar refractivity (Wildman–Crippen MR) is 127 cm³/mol. The van der Waals surface area contributed by atoms with E-state index in [1.807, 2.05) is 39.2 Å². The molecule has 6 nitrogen and oxygen atoms in total. The highest BCUT2D eigenvalue weighted by Crippen LogP contribution is 2.25. The summed E-state index contributed by atoms with van der Waals surface area (Å²) in [5, 5.41) is 4.32. The first-order valence-electron chi connectivity index (χ1n) is 8.59. The van der Waals surface area contributed by atoms with Crippen LogP contribution in [0.4, 0.5) is 0 Å². The summed E-state index contributed by atoms with van der Waals surface area (Å²) in [5.41, 5.74) is 7.88. The molecular formula is C19H26Cl2IN5O. The number of nitrogens with two attached hydrogens (primary N) is 1. The molecule has 0 aliphatic rings. The van der Waals surface area contributed by atoms with Crippen LogP contribution in [-0.2, 0) is 6.54 Å². The van der Waals surface area contributed by atoms with Gasteiger partial charge in [-0.05, 0) is 50.3 Å². The Bertz CT molecular complexity index is 789. The highest BCUT2D eigenvalue weighted by atomic mass is 127. The van der Waals surface area contributed by atoms with Gasteiger partial charge in [0.2, 0.25) is 5.88 Å². The molecule has 1 aromatic carbocycles. The summed E-state index contributed by atoms with van der Waals surface area (Å²) in [5.74, 6) is 0.915. The molecule has 0 saturated carbocycles. The standard InChI is InChI=1S/C19H25Cl2N5O.HI/c1-13(16-5-4-15(20)11-17(16)21)25-19(22)24-12-14-6-7-23-18(10-14)27-9-8-26(2)3;/h4-7,10-11,13H,8-9,12H2,1-3H3,(H3,22,24,25);1H. The fourth-order valence-corrected chi connectivity index (χ4v) is 2.91. The molecule has 0 radical (unpaired) electrons. The number of halogens is 3. The van der Waals surface area contributed by atoms with Crippen LogP contribution in [0.5, 0.6) is 5.88 Å². The molecule has 1 heterocycles. The maximum absolute atomic E-state index is 6.23. The monoisotopic (exact) mass is 537 g/mol. The largest absolute Gasteiger partial charge is 0.476 e. The topological polar surface area (TPSA) is 75.8 Å². The third-order valence-electron chi connectivity index (χ3n) is 3.81. The first-order valence-corrected chi connectivity index (χ1v) is 9.34. The SMILES string of the molecule is CC(NC(N)=NCc1ccnc(OCCN(C)C)c1)c1ccc(Cl)cc1Cl.I. The van der Waals surface area contributed by atoms with Gasteiger partial charge in [-0.1, -0.05) is 29.3 Å². The number of likely N-dealkylation sites (N-methyl/N-ethyl adjacent to an activating group) is 1. The number of aliphatic imine (C=N–C) groups is 1. The number of nitrogens with one attached hydrogen (secondary N) is 1. The number of benzene rings is 1. The second-order valence-electron chi connectivity index (χ2n) is 6.39. The number of pyridine rings is 1. The van der Waals surface area contributed by atoms with Crippen LogP contribution in [0.1, 0.15) is 24.1 Å². The minimum Gasteiger partial charge on any atom is -0.476 e. The molecule has 1 unspecified atom stereocenters. The average molecular weight is 538 g/mol. The molecule has 9 heteroatoms. The molecule has 154 valence electrons. The first kappa shape index (κ1) is 24.7. The van der Waals surface area contributed by atoms with E-state index in [9.17, 15) is 0 Å². The van der Waals surface area contributed by atoms with E-state index in [1.165, 1.54) is 0 Å². The number of hydrogen-bond acceptors (Lipinski definition) is 4. The third-order valence-corrected chi connectivity index (χ3v) is 4.38. The molecule has 3 N–H and O–H groups in total. The fraction of sp³-hybridized carbons (Fsp3) is 0.368. The molecule has 2 rings (SSSR count). The predicted octanol–water partition coefficient (Wildman–Crippen LogP) is 4.11. The normalized spacial score (nSPS) is 12.4. The van der Waals surface area contributed by atoms with E-state index < -0.39 is 0 Å². The minimum absolute atomic E-state index is 0. The molecule has 1 atom stereocenters. The molecule has 0 spiro atoms. The van der Waals surface area contributed by atoms with Gasteiger partial charge in [-0.2, -0.15) is 0 Å². The van der Waals surface area contributed by atoms with Gasteiger partial charge >= 0.3 is 0 Å². The quantitative estimate of drug-likeness (QED) is 0.301. The Balaban J connectivity index is 0.00000392. The van der Waals surface area contributed by atoms with Crippen molar-refractivity contribution in [2.24, 2.45) is 10.7 Å². The van der Waals surface area contributed by atoms with Crippen molar-refractivity contribution in [1.29, 1.82) is 0 Å². The molecule has 1 aromatic heterocycles. The van der Waals surface area contributed by atoms with Crippen LogP contribution in [0, 0.1) is 0 Å². The summed E-state index contributed by atoms with van der Waals surface area (Å²) in [6.07, 6.45) is 1.70. The van der Waals surface area contributed by atoms with Crippen molar-refractivity contribution in [2.45, 2.75) is 19.5 Å². The number of hydrogen-bond donors (Lipinski definition) is 2. The van der Waals surface area contributed by atoms with Crippen molar-refractivity contribution >= 4 is 53.1 Å². The second kappa shape index (κ2) is 12.3. The van der Waals surface area contributed by atoms with Crippen LogP contribution in [0.2, 0.25) is 10.0 Å². The maximum Gasteiger partial charge on any atom is 0.213 e. The van der Waals surface area contributed by atoms with Crippen molar-refractivity contribution in [3.63, 3.8) is 0 Å². The van der Waals surface area contributed by atoms with Crippen LogP contribution < -0.4 is 15.8 Å².